The minimum absolute atomic E-state index is 0.0638. The van der Waals surface area contributed by atoms with Crippen molar-refractivity contribution in [3.63, 3.8) is 0 Å². The number of non-ortho nitro benzene ring substituents is 1. The fourth-order valence-electron chi connectivity index (χ4n) is 1.55. The van der Waals surface area contributed by atoms with Crippen molar-refractivity contribution >= 4 is 5.69 Å². The minimum Gasteiger partial charge on any atom is -0.327 e. The number of hydrogen-bond acceptors (Lipinski definition) is 3. The summed E-state index contributed by atoms with van der Waals surface area (Å²) < 4.78 is 0. The topological polar surface area (TPSA) is 69.2 Å². The molecule has 0 amide bonds. The Morgan fingerprint density at radius 3 is 2.29 bits per heavy atom. The van der Waals surface area contributed by atoms with Crippen molar-refractivity contribution in [3.05, 3.63) is 39.9 Å². The maximum Gasteiger partial charge on any atom is 0.269 e. The average Bonchev–Trinajstić information content (AvgIpc) is 2.29. The quantitative estimate of drug-likeness (QED) is 0.631. The molecule has 0 saturated heterocycles. The molecule has 0 fully saturated rings. The Balaban J connectivity index is 2.73. The van der Waals surface area contributed by atoms with Gasteiger partial charge in [-0.15, -0.1) is 0 Å². The molecule has 17 heavy (non-hydrogen) atoms. The molecule has 2 N–H and O–H groups in total. The first-order valence-electron chi connectivity index (χ1n) is 5.85. The van der Waals surface area contributed by atoms with Crippen LogP contribution < -0.4 is 5.73 Å². The Morgan fingerprint density at radius 1 is 1.35 bits per heavy atom. The first kappa shape index (κ1) is 13.6. The SMILES string of the molecule is CCC(C)(C)C(N)Cc1ccc([N+](=O)[O-])cc1. The van der Waals surface area contributed by atoms with Crippen molar-refractivity contribution in [3.8, 4) is 0 Å². The van der Waals surface area contributed by atoms with Gasteiger partial charge in [-0.1, -0.05) is 32.9 Å². The highest BCUT2D eigenvalue weighted by molar-refractivity contribution is 5.33. The second-order valence-corrected chi connectivity index (χ2v) is 5.08. The molecule has 0 aliphatic rings. The van der Waals surface area contributed by atoms with Gasteiger partial charge >= 0.3 is 0 Å². The van der Waals surface area contributed by atoms with E-state index in [0.717, 1.165) is 18.4 Å². The lowest BCUT2D eigenvalue weighted by atomic mass is 9.79. The molecule has 0 radical (unpaired) electrons. The van der Waals surface area contributed by atoms with Crippen LogP contribution in [0.25, 0.3) is 0 Å². The Bertz CT molecular complexity index is 385. The highest BCUT2D eigenvalue weighted by Crippen LogP contribution is 2.26. The molecule has 1 aromatic carbocycles. The van der Waals surface area contributed by atoms with Crippen LogP contribution in [0.1, 0.15) is 32.8 Å². The molecule has 1 aromatic rings. The van der Waals surface area contributed by atoms with Gasteiger partial charge in [0.1, 0.15) is 0 Å². The van der Waals surface area contributed by atoms with Crippen LogP contribution in [-0.2, 0) is 6.42 Å². The third kappa shape index (κ3) is 3.53. The van der Waals surface area contributed by atoms with Crippen LogP contribution in [0, 0.1) is 15.5 Å². The average molecular weight is 236 g/mol. The maximum absolute atomic E-state index is 10.5. The van der Waals surface area contributed by atoms with Crippen LogP contribution in [-0.4, -0.2) is 11.0 Å². The summed E-state index contributed by atoms with van der Waals surface area (Å²) in [6.45, 7) is 6.40. The molecule has 0 aliphatic heterocycles. The van der Waals surface area contributed by atoms with Crippen LogP contribution in [0.2, 0.25) is 0 Å². The second kappa shape index (κ2) is 5.27. The zero-order chi connectivity index (χ0) is 13.1. The summed E-state index contributed by atoms with van der Waals surface area (Å²) in [5.74, 6) is 0. The number of nitrogens with zero attached hydrogens (tertiary/aromatic N) is 1. The molecule has 0 spiro atoms. The van der Waals surface area contributed by atoms with Gasteiger partial charge < -0.3 is 5.73 Å². The smallest absolute Gasteiger partial charge is 0.269 e. The van der Waals surface area contributed by atoms with Gasteiger partial charge in [-0.25, -0.2) is 0 Å². The van der Waals surface area contributed by atoms with Gasteiger partial charge in [-0.05, 0) is 23.8 Å². The predicted octanol–water partition coefficient (Wildman–Crippen LogP) is 2.90. The fraction of sp³-hybridized carbons (Fsp3) is 0.538. The van der Waals surface area contributed by atoms with Crippen molar-refractivity contribution in [1.29, 1.82) is 0 Å². The summed E-state index contributed by atoms with van der Waals surface area (Å²) in [6.07, 6.45) is 1.76. The zero-order valence-corrected chi connectivity index (χ0v) is 10.6. The molecular weight excluding hydrogens is 216 g/mol. The number of nitro benzene ring substituents is 1. The summed E-state index contributed by atoms with van der Waals surface area (Å²) in [4.78, 5) is 10.1. The lowest BCUT2D eigenvalue weighted by molar-refractivity contribution is -0.384. The van der Waals surface area contributed by atoms with E-state index in [4.69, 9.17) is 5.73 Å². The van der Waals surface area contributed by atoms with E-state index in [-0.39, 0.29) is 22.1 Å². The second-order valence-electron chi connectivity index (χ2n) is 5.08. The number of rotatable bonds is 5. The monoisotopic (exact) mass is 236 g/mol. The molecule has 0 aliphatic carbocycles. The van der Waals surface area contributed by atoms with E-state index in [0.29, 0.717) is 0 Å². The number of nitrogens with two attached hydrogens (primary N) is 1. The summed E-state index contributed by atoms with van der Waals surface area (Å²) >= 11 is 0. The van der Waals surface area contributed by atoms with Crippen LogP contribution in [0.5, 0.6) is 0 Å². The van der Waals surface area contributed by atoms with Crippen molar-refractivity contribution in [2.24, 2.45) is 11.1 Å². The van der Waals surface area contributed by atoms with Crippen LogP contribution in [0.15, 0.2) is 24.3 Å². The number of hydrogen-bond donors (Lipinski definition) is 1. The van der Waals surface area contributed by atoms with E-state index in [1.54, 1.807) is 12.1 Å². The number of benzene rings is 1. The van der Waals surface area contributed by atoms with E-state index in [2.05, 4.69) is 20.8 Å². The largest absolute Gasteiger partial charge is 0.327 e. The van der Waals surface area contributed by atoms with E-state index < -0.39 is 0 Å². The highest BCUT2D eigenvalue weighted by Gasteiger charge is 2.24. The number of nitro groups is 1. The van der Waals surface area contributed by atoms with Crippen LogP contribution >= 0.6 is 0 Å². The molecule has 0 bridgehead atoms. The molecule has 0 heterocycles. The maximum atomic E-state index is 10.5. The van der Waals surface area contributed by atoms with Gasteiger partial charge in [-0.3, -0.25) is 10.1 Å². The van der Waals surface area contributed by atoms with E-state index in [1.807, 2.05) is 0 Å². The lowest BCUT2D eigenvalue weighted by Gasteiger charge is -2.30. The van der Waals surface area contributed by atoms with Gasteiger partial charge in [0.2, 0.25) is 0 Å². The van der Waals surface area contributed by atoms with Crippen molar-refractivity contribution in [2.75, 3.05) is 0 Å². The van der Waals surface area contributed by atoms with Gasteiger partial charge in [0, 0.05) is 18.2 Å². The lowest BCUT2D eigenvalue weighted by Crippen LogP contribution is -2.38. The molecule has 1 unspecified atom stereocenters. The fourth-order valence-corrected chi connectivity index (χ4v) is 1.55. The molecule has 1 atom stereocenters. The first-order valence-corrected chi connectivity index (χ1v) is 5.85. The molecular formula is C13H20N2O2. The molecule has 0 saturated carbocycles. The summed E-state index contributed by atoms with van der Waals surface area (Å²) in [6, 6.07) is 6.68. The highest BCUT2D eigenvalue weighted by atomic mass is 16.6. The molecule has 4 heteroatoms. The summed E-state index contributed by atoms with van der Waals surface area (Å²) in [5.41, 5.74) is 7.41. The molecule has 4 nitrogen and oxygen atoms in total. The summed E-state index contributed by atoms with van der Waals surface area (Å²) in [5, 5.41) is 10.5. The van der Waals surface area contributed by atoms with E-state index in [1.165, 1.54) is 12.1 Å². The zero-order valence-electron chi connectivity index (χ0n) is 10.6. The van der Waals surface area contributed by atoms with Gasteiger partial charge in [0.05, 0.1) is 4.92 Å². The first-order chi connectivity index (χ1) is 7.86. The third-order valence-electron chi connectivity index (χ3n) is 3.52. The Labute approximate surface area is 102 Å². The van der Waals surface area contributed by atoms with Crippen molar-refractivity contribution in [1.82, 2.24) is 0 Å². The standard InChI is InChI=1S/C13H20N2O2/c1-4-13(2,3)12(14)9-10-5-7-11(8-6-10)15(16)17/h5-8,12H,4,9,14H2,1-3H3. The van der Waals surface area contributed by atoms with Crippen LogP contribution in [0.4, 0.5) is 5.69 Å². The predicted molar refractivity (Wildman–Crippen MR) is 68.8 cm³/mol. The van der Waals surface area contributed by atoms with Gasteiger partial charge in [0.25, 0.3) is 5.69 Å². The van der Waals surface area contributed by atoms with Crippen molar-refractivity contribution in [2.45, 2.75) is 39.7 Å². The van der Waals surface area contributed by atoms with Gasteiger partial charge in [0.15, 0.2) is 0 Å². The Kier molecular flexibility index (Phi) is 4.23. The minimum atomic E-state index is -0.389. The Morgan fingerprint density at radius 2 is 1.88 bits per heavy atom. The molecule has 1 rings (SSSR count). The van der Waals surface area contributed by atoms with Crippen LogP contribution in [0.3, 0.4) is 0 Å². The third-order valence-corrected chi connectivity index (χ3v) is 3.52. The van der Waals surface area contributed by atoms with E-state index >= 15 is 0 Å². The Hall–Kier alpha value is -1.42. The van der Waals surface area contributed by atoms with Gasteiger partial charge in [-0.2, -0.15) is 0 Å². The van der Waals surface area contributed by atoms with E-state index in [9.17, 15) is 10.1 Å². The normalized spacial score (nSPS) is 13.4. The van der Waals surface area contributed by atoms with Crippen molar-refractivity contribution < 1.29 is 4.92 Å². The summed E-state index contributed by atoms with van der Waals surface area (Å²) in [7, 11) is 0. The molecule has 0 aromatic heterocycles. The molecule has 94 valence electrons.